The maximum Gasteiger partial charge on any atom is 0.309 e. The molecule has 0 bridgehead atoms. The van der Waals surface area contributed by atoms with Gasteiger partial charge >= 0.3 is 11.8 Å². The fraction of sp³-hybridized carbons (Fsp3) is 0.529. The van der Waals surface area contributed by atoms with Crippen LogP contribution in [0.3, 0.4) is 0 Å². The molecule has 3 N–H and O–H groups in total. The van der Waals surface area contributed by atoms with E-state index in [0.29, 0.717) is 13.0 Å². The molecule has 1 aromatic rings. The van der Waals surface area contributed by atoms with Crippen molar-refractivity contribution in [3.63, 3.8) is 0 Å². The zero-order valence-corrected chi connectivity index (χ0v) is 14.0. The second-order valence-corrected chi connectivity index (χ2v) is 6.51. The second kappa shape index (κ2) is 9.47. The summed E-state index contributed by atoms with van der Waals surface area (Å²) in [6.07, 6.45) is 7.52. The number of nitrogens with one attached hydrogen (secondary N) is 2. The van der Waals surface area contributed by atoms with Gasteiger partial charge in [0.1, 0.15) is 0 Å². The minimum absolute atomic E-state index is 0.272. The Bertz CT molecular complexity index is 540. The fourth-order valence-electron chi connectivity index (χ4n) is 2.58. The number of hydrogen-bond acceptors (Lipinski definition) is 4. The van der Waals surface area contributed by atoms with E-state index >= 15 is 0 Å². The van der Waals surface area contributed by atoms with E-state index in [1.165, 1.54) is 29.8 Å². The molecule has 1 aliphatic carbocycles. The van der Waals surface area contributed by atoms with Crippen LogP contribution in [0.5, 0.6) is 0 Å². The third-order valence-electron chi connectivity index (χ3n) is 3.95. The van der Waals surface area contributed by atoms with E-state index < -0.39 is 17.9 Å². The molecule has 0 aliphatic heterocycles. The lowest BCUT2D eigenvalue weighted by Crippen LogP contribution is -2.40. The number of allylic oxidation sites excluding steroid dienone is 1. The third kappa shape index (κ3) is 6.15. The molecule has 23 heavy (non-hydrogen) atoms. The zero-order chi connectivity index (χ0) is 16.5. The van der Waals surface area contributed by atoms with Gasteiger partial charge in [-0.1, -0.05) is 11.6 Å². The summed E-state index contributed by atoms with van der Waals surface area (Å²) in [4.78, 5) is 23.4. The Hall–Kier alpha value is -1.66. The maximum absolute atomic E-state index is 11.7. The normalized spacial score (nSPS) is 15.6. The Morgan fingerprint density at radius 2 is 2.00 bits per heavy atom. The number of amides is 2. The number of carbonyl (C=O) groups excluding carboxylic acids is 2. The Morgan fingerprint density at radius 3 is 2.65 bits per heavy atom. The van der Waals surface area contributed by atoms with Crippen LogP contribution in [0.25, 0.3) is 0 Å². The third-order valence-corrected chi connectivity index (χ3v) is 4.66. The molecule has 1 atom stereocenters. The smallest absolute Gasteiger partial charge is 0.309 e. The van der Waals surface area contributed by atoms with Crippen LogP contribution >= 0.6 is 11.3 Å². The molecule has 2 rings (SSSR count). The summed E-state index contributed by atoms with van der Waals surface area (Å²) in [7, 11) is 0. The molecular weight excluding hydrogens is 312 g/mol. The lowest BCUT2D eigenvalue weighted by molar-refractivity contribution is -0.139. The van der Waals surface area contributed by atoms with Crippen LogP contribution < -0.4 is 10.6 Å². The van der Waals surface area contributed by atoms with E-state index in [-0.39, 0.29) is 6.54 Å². The van der Waals surface area contributed by atoms with Crippen LogP contribution in [0, 0.1) is 0 Å². The van der Waals surface area contributed by atoms with Gasteiger partial charge in [-0.25, -0.2) is 0 Å². The molecule has 0 saturated heterocycles. The maximum atomic E-state index is 11.7. The van der Waals surface area contributed by atoms with Crippen LogP contribution in [0.2, 0.25) is 0 Å². The van der Waals surface area contributed by atoms with Gasteiger partial charge in [-0.2, -0.15) is 11.3 Å². The van der Waals surface area contributed by atoms with Crippen molar-refractivity contribution in [2.75, 3.05) is 13.1 Å². The van der Waals surface area contributed by atoms with Crippen molar-refractivity contribution >= 4 is 23.2 Å². The van der Waals surface area contributed by atoms with E-state index in [1.54, 1.807) is 0 Å². The van der Waals surface area contributed by atoms with Crippen molar-refractivity contribution in [1.82, 2.24) is 10.6 Å². The highest BCUT2D eigenvalue weighted by molar-refractivity contribution is 7.07. The van der Waals surface area contributed by atoms with Crippen LogP contribution in [0.4, 0.5) is 0 Å². The first kappa shape index (κ1) is 17.7. The molecule has 1 aromatic heterocycles. The molecule has 1 unspecified atom stereocenters. The molecule has 0 radical (unpaired) electrons. The Morgan fingerprint density at radius 1 is 1.22 bits per heavy atom. The summed E-state index contributed by atoms with van der Waals surface area (Å²) in [5, 5.41) is 18.8. The molecule has 1 heterocycles. The van der Waals surface area contributed by atoms with Crippen LogP contribution in [-0.2, 0) is 9.59 Å². The SMILES string of the molecule is O=C(NCCC1=CCCCC1)C(=O)NCCC(O)c1ccsc1. The van der Waals surface area contributed by atoms with Crippen LogP contribution in [0.15, 0.2) is 28.5 Å². The van der Waals surface area contributed by atoms with Gasteiger partial charge in [0.2, 0.25) is 0 Å². The average molecular weight is 336 g/mol. The molecule has 0 fully saturated rings. The lowest BCUT2D eigenvalue weighted by atomic mass is 9.97. The van der Waals surface area contributed by atoms with Crippen molar-refractivity contribution < 1.29 is 14.7 Å². The highest BCUT2D eigenvalue weighted by atomic mass is 32.1. The molecule has 1 aliphatic rings. The molecule has 2 amide bonds. The van der Waals surface area contributed by atoms with Crippen molar-refractivity contribution in [3.8, 4) is 0 Å². The van der Waals surface area contributed by atoms with Gasteiger partial charge in [-0.05, 0) is 60.9 Å². The number of hydrogen-bond donors (Lipinski definition) is 3. The van der Waals surface area contributed by atoms with Gasteiger partial charge in [-0.15, -0.1) is 0 Å². The molecule has 5 nitrogen and oxygen atoms in total. The molecule has 0 saturated carbocycles. The Kier molecular flexibility index (Phi) is 7.29. The molecule has 6 heteroatoms. The number of aliphatic hydroxyl groups excluding tert-OH is 1. The first-order valence-electron chi connectivity index (χ1n) is 8.11. The van der Waals surface area contributed by atoms with E-state index in [4.69, 9.17) is 0 Å². The topological polar surface area (TPSA) is 78.4 Å². The van der Waals surface area contributed by atoms with Gasteiger partial charge in [0.05, 0.1) is 6.10 Å². The van der Waals surface area contributed by atoms with Crippen molar-refractivity contribution in [1.29, 1.82) is 0 Å². The average Bonchev–Trinajstić information content (AvgIpc) is 3.10. The first-order chi connectivity index (χ1) is 11.2. The summed E-state index contributed by atoms with van der Waals surface area (Å²) in [6.45, 7) is 0.768. The molecule has 0 aromatic carbocycles. The van der Waals surface area contributed by atoms with E-state index in [1.807, 2.05) is 16.8 Å². The fourth-order valence-corrected chi connectivity index (χ4v) is 3.29. The predicted octanol–water partition coefficient (Wildman–Crippen LogP) is 2.29. The second-order valence-electron chi connectivity index (χ2n) is 5.73. The molecule has 0 spiro atoms. The van der Waals surface area contributed by atoms with Gasteiger partial charge in [0.25, 0.3) is 0 Å². The van der Waals surface area contributed by atoms with Crippen molar-refractivity contribution in [2.45, 2.75) is 44.6 Å². The first-order valence-corrected chi connectivity index (χ1v) is 9.05. The van der Waals surface area contributed by atoms with Gasteiger partial charge < -0.3 is 15.7 Å². The number of rotatable bonds is 7. The standard InChI is InChI=1S/C17H24N2O3S/c20-15(14-8-11-23-12-14)7-10-19-17(22)16(21)18-9-6-13-4-2-1-3-5-13/h4,8,11-12,15,20H,1-3,5-7,9-10H2,(H,18,21)(H,19,22). The lowest BCUT2D eigenvalue weighted by Gasteiger charge is -2.13. The number of carbonyl (C=O) groups is 2. The van der Waals surface area contributed by atoms with Crippen molar-refractivity contribution in [3.05, 3.63) is 34.0 Å². The van der Waals surface area contributed by atoms with Crippen LogP contribution in [0.1, 0.15) is 50.2 Å². The van der Waals surface area contributed by atoms with Gasteiger partial charge in [0, 0.05) is 13.1 Å². The largest absolute Gasteiger partial charge is 0.388 e. The number of thiophene rings is 1. The molecular formula is C17H24N2O3S. The number of aliphatic hydroxyl groups is 1. The van der Waals surface area contributed by atoms with Crippen molar-refractivity contribution in [2.24, 2.45) is 0 Å². The quantitative estimate of drug-likeness (QED) is 0.528. The highest BCUT2D eigenvalue weighted by Crippen LogP contribution is 2.19. The van der Waals surface area contributed by atoms with Crippen LogP contribution in [-0.4, -0.2) is 30.0 Å². The summed E-state index contributed by atoms with van der Waals surface area (Å²) < 4.78 is 0. The zero-order valence-electron chi connectivity index (χ0n) is 13.2. The predicted molar refractivity (Wildman–Crippen MR) is 91.1 cm³/mol. The van der Waals surface area contributed by atoms with E-state index in [2.05, 4.69) is 16.7 Å². The van der Waals surface area contributed by atoms with Gasteiger partial charge in [0.15, 0.2) is 0 Å². The Balaban J connectivity index is 1.59. The van der Waals surface area contributed by atoms with E-state index in [0.717, 1.165) is 24.8 Å². The summed E-state index contributed by atoms with van der Waals surface area (Å²) in [6, 6.07) is 1.85. The summed E-state index contributed by atoms with van der Waals surface area (Å²) in [5.74, 6) is -1.24. The van der Waals surface area contributed by atoms with Gasteiger partial charge in [-0.3, -0.25) is 9.59 Å². The minimum atomic E-state index is -0.639. The summed E-state index contributed by atoms with van der Waals surface area (Å²) in [5.41, 5.74) is 2.21. The monoisotopic (exact) mass is 336 g/mol. The minimum Gasteiger partial charge on any atom is -0.388 e. The molecule has 126 valence electrons. The van der Waals surface area contributed by atoms with E-state index in [9.17, 15) is 14.7 Å². The highest BCUT2D eigenvalue weighted by Gasteiger charge is 2.14. The summed E-state index contributed by atoms with van der Waals surface area (Å²) >= 11 is 1.52. The Labute approximate surface area is 140 Å².